The fourth-order valence-corrected chi connectivity index (χ4v) is 2.68. The smallest absolute Gasteiger partial charge is 0.332 e. The molecule has 1 N–H and O–H groups in total. The van der Waals surface area contributed by atoms with E-state index in [9.17, 15) is 14.4 Å². The zero-order valence-corrected chi connectivity index (χ0v) is 14.1. The Kier molecular flexibility index (Phi) is 4.22. The van der Waals surface area contributed by atoms with Gasteiger partial charge >= 0.3 is 5.69 Å². The molecule has 0 fully saturated rings. The van der Waals surface area contributed by atoms with E-state index in [1.807, 2.05) is 6.07 Å². The molecule has 3 aromatic heterocycles. The van der Waals surface area contributed by atoms with Crippen molar-refractivity contribution in [2.24, 2.45) is 14.1 Å². The first-order chi connectivity index (χ1) is 11.9. The van der Waals surface area contributed by atoms with Gasteiger partial charge in [-0.15, -0.1) is 0 Å². The van der Waals surface area contributed by atoms with Crippen LogP contribution in [0.5, 0.6) is 0 Å². The lowest BCUT2D eigenvalue weighted by atomic mass is 10.1. The topological polar surface area (TPSA) is 104 Å². The van der Waals surface area contributed by atoms with Crippen LogP contribution in [0.25, 0.3) is 11.2 Å². The van der Waals surface area contributed by atoms with E-state index in [1.54, 1.807) is 32.4 Å². The van der Waals surface area contributed by atoms with Crippen molar-refractivity contribution >= 4 is 17.1 Å². The van der Waals surface area contributed by atoms with Gasteiger partial charge in [0.25, 0.3) is 5.56 Å². The number of amides is 1. The zero-order valence-electron chi connectivity index (χ0n) is 14.1. The SMILES string of the molecule is CC(NC(=O)Cn1c(=O)c2c(ncn2C)n(C)c1=O)c1cccnc1. The Hall–Kier alpha value is -3.23. The van der Waals surface area contributed by atoms with E-state index >= 15 is 0 Å². The van der Waals surface area contributed by atoms with Gasteiger partial charge in [0.15, 0.2) is 11.2 Å². The van der Waals surface area contributed by atoms with Crippen molar-refractivity contribution in [3.8, 4) is 0 Å². The third-order valence-electron chi connectivity index (χ3n) is 4.06. The van der Waals surface area contributed by atoms with Gasteiger partial charge < -0.3 is 9.88 Å². The Morgan fingerprint density at radius 1 is 1.32 bits per heavy atom. The highest BCUT2D eigenvalue weighted by Crippen LogP contribution is 2.09. The second-order valence-electron chi connectivity index (χ2n) is 5.84. The van der Waals surface area contributed by atoms with E-state index in [-0.39, 0.29) is 23.8 Å². The maximum absolute atomic E-state index is 12.6. The Morgan fingerprint density at radius 2 is 2.08 bits per heavy atom. The monoisotopic (exact) mass is 342 g/mol. The minimum atomic E-state index is -0.583. The van der Waals surface area contributed by atoms with Gasteiger partial charge in [-0.1, -0.05) is 6.07 Å². The molecule has 0 aliphatic carbocycles. The van der Waals surface area contributed by atoms with Crippen LogP contribution in [0.3, 0.4) is 0 Å². The summed E-state index contributed by atoms with van der Waals surface area (Å²) in [5, 5.41) is 2.77. The number of rotatable bonds is 4. The van der Waals surface area contributed by atoms with Gasteiger partial charge in [-0.2, -0.15) is 0 Å². The number of fused-ring (bicyclic) bond motifs is 1. The lowest BCUT2D eigenvalue weighted by Gasteiger charge is -2.14. The third kappa shape index (κ3) is 2.95. The molecule has 1 atom stereocenters. The quantitative estimate of drug-likeness (QED) is 0.701. The second-order valence-corrected chi connectivity index (χ2v) is 5.84. The molecular weight excluding hydrogens is 324 g/mol. The van der Waals surface area contributed by atoms with Gasteiger partial charge in [-0.3, -0.25) is 19.1 Å². The number of aromatic nitrogens is 5. The molecule has 0 aliphatic rings. The highest BCUT2D eigenvalue weighted by Gasteiger charge is 2.18. The molecule has 3 rings (SSSR count). The molecule has 9 nitrogen and oxygen atoms in total. The number of pyridine rings is 1. The summed E-state index contributed by atoms with van der Waals surface area (Å²) >= 11 is 0. The molecule has 130 valence electrons. The number of hydrogen-bond acceptors (Lipinski definition) is 5. The Balaban J connectivity index is 1.90. The number of carbonyl (C=O) groups is 1. The van der Waals surface area contributed by atoms with E-state index in [0.717, 1.165) is 10.1 Å². The molecule has 3 heterocycles. The number of hydrogen-bond donors (Lipinski definition) is 1. The number of imidazole rings is 1. The van der Waals surface area contributed by atoms with E-state index < -0.39 is 17.2 Å². The molecule has 3 aromatic rings. The van der Waals surface area contributed by atoms with Crippen molar-refractivity contribution in [3.63, 3.8) is 0 Å². The number of carbonyl (C=O) groups excluding carboxylic acids is 1. The third-order valence-corrected chi connectivity index (χ3v) is 4.06. The van der Waals surface area contributed by atoms with Gasteiger partial charge in [0.2, 0.25) is 5.91 Å². The van der Waals surface area contributed by atoms with Crippen LogP contribution in [0.1, 0.15) is 18.5 Å². The molecule has 1 unspecified atom stereocenters. The summed E-state index contributed by atoms with van der Waals surface area (Å²) in [6.07, 6.45) is 4.75. The highest BCUT2D eigenvalue weighted by molar-refractivity contribution is 5.77. The molecule has 0 radical (unpaired) electrons. The Labute approximate surface area is 142 Å². The van der Waals surface area contributed by atoms with Crippen molar-refractivity contribution in [2.75, 3.05) is 0 Å². The lowest BCUT2D eigenvalue weighted by Crippen LogP contribution is -2.43. The van der Waals surface area contributed by atoms with Crippen molar-refractivity contribution in [1.29, 1.82) is 0 Å². The Morgan fingerprint density at radius 3 is 2.76 bits per heavy atom. The van der Waals surface area contributed by atoms with Gasteiger partial charge in [0.05, 0.1) is 12.4 Å². The van der Waals surface area contributed by atoms with Crippen LogP contribution in [0.15, 0.2) is 40.4 Å². The molecular formula is C16H18N6O3. The number of aryl methyl sites for hydroxylation is 2. The lowest BCUT2D eigenvalue weighted by molar-refractivity contribution is -0.122. The molecule has 0 saturated carbocycles. The first-order valence-electron chi connectivity index (χ1n) is 7.70. The molecule has 0 aliphatic heterocycles. The van der Waals surface area contributed by atoms with Crippen molar-refractivity contribution in [2.45, 2.75) is 19.5 Å². The molecule has 0 aromatic carbocycles. The largest absolute Gasteiger partial charge is 0.348 e. The first-order valence-corrected chi connectivity index (χ1v) is 7.70. The van der Waals surface area contributed by atoms with Crippen LogP contribution in [0.2, 0.25) is 0 Å². The summed E-state index contributed by atoms with van der Waals surface area (Å²) < 4.78 is 3.70. The van der Waals surface area contributed by atoms with Crippen LogP contribution in [0, 0.1) is 0 Å². The fraction of sp³-hybridized carbons (Fsp3) is 0.312. The highest BCUT2D eigenvalue weighted by atomic mass is 16.2. The predicted octanol–water partition coefficient (Wildman–Crippen LogP) is -0.294. The standard InChI is InChI=1S/C16H18N6O3/c1-10(11-5-4-6-17-7-11)19-12(23)8-22-15(24)13-14(18-9-20(13)2)21(3)16(22)25/h4-7,9-10H,8H2,1-3H3,(H,19,23). The van der Waals surface area contributed by atoms with Gasteiger partial charge in [0.1, 0.15) is 6.54 Å². The van der Waals surface area contributed by atoms with Crippen LogP contribution >= 0.6 is 0 Å². The maximum Gasteiger partial charge on any atom is 0.332 e. The van der Waals surface area contributed by atoms with Gasteiger partial charge in [-0.05, 0) is 18.6 Å². The summed E-state index contributed by atoms with van der Waals surface area (Å²) in [5.74, 6) is -0.433. The van der Waals surface area contributed by atoms with E-state index in [0.29, 0.717) is 0 Å². The van der Waals surface area contributed by atoms with Crippen LogP contribution in [-0.2, 0) is 25.4 Å². The number of nitrogens with one attached hydrogen (secondary N) is 1. The van der Waals surface area contributed by atoms with Crippen molar-refractivity contribution < 1.29 is 4.79 Å². The minimum Gasteiger partial charge on any atom is -0.348 e. The van der Waals surface area contributed by atoms with E-state index in [1.165, 1.54) is 22.5 Å². The normalized spacial score (nSPS) is 12.3. The molecule has 0 spiro atoms. The number of nitrogens with zero attached hydrogens (tertiary/aromatic N) is 5. The first kappa shape index (κ1) is 16.6. The van der Waals surface area contributed by atoms with E-state index in [2.05, 4.69) is 15.3 Å². The average Bonchev–Trinajstić information content (AvgIpc) is 2.99. The molecule has 0 saturated heterocycles. The minimum absolute atomic E-state index is 0.273. The van der Waals surface area contributed by atoms with E-state index in [4.69, 9.17) is 0 Å². The summed E-state index contributed by atoms with van der Waals surface area (Å²) in [5.41, 5.74) is 0.272. The maximum atomic E-state index is 12.6. The molecule has 1 amide bonds. The van der Waals surface area contributed by atoms with Crippen LogP contribution in [0.4, 0.5) is 0 Å². The summed E-state index contributed by atoms with van der Waals surface area (Å²) in [7, 11) is 3.18. The summed E-state index contributed by atoms with van der Waals surface area (Å²) in [6.45, 7) is 1.44. The zero-order chi connectivity index (χ0) is 18.1. The molecule has 0 bridgehead atoms. The van der Waals surface area contributed by atoms with Gasteiger partial charge in [-0.25, -0.2) is 14.3 Å². The summed E-state index contributed by atoms with van der Waals surface area (Å²) in [4.78, 5) is 45.3. The Bertz CT molecular complexity index is 1050. The summed E-state index contributed by atoms with van der Waals surface area (Å²) in [6, 6.07) is 3.32. The van der Waals surface area contributed by atoms with Gasteiger partial charge in [0, 0.05) is 26.5 Å². The predicted molar refractivity (Wildman–Crippen MR) is 91.0 cm³/mol. The average molecular weight is 342 g/mol. The second kappa shape index (κ2) is 6.34. The molecule has 9 heteroatoms. The van der Waals surface area contributed by atoms with Crippen LogP contribution in [-0.4, -0.2) is 29.6 Å². The molecule has 25 heavy (non-hydrogen) atoms. The fourth-order valence-electron chi connectivity index (χ4n) is 2.68. The van der Waals surface area contributed by atoms with Crippen LogP contribution < -0.4 is 16.6 Å². The van der Waals surface area contributed by atoms with Crippen molar-refractivity contribution in [3.05, 3.63) is 57.3 Å². The van der Waals surface area contributed by atoms with Crippen molar-refractivity contribution in [1.82, 2.24) is 29.0 Å².